The summed E-state index contributed by atoms with van der Waals surface area (Å²) in [5, 5.41) is 10.5. The number of aromatic amines is 2. The Morgan fingerprint density at radius 1 is 1.15 bits per heavy atom. The van der Waals surface area contributed by atoms with Gasteiger partial charge in [0.25, 0.3) is 5.56 Å². The molecule has 12 nitrogen and oxygen atoms in total. The van der Waals surface area contributed by atoms with Gasteiger partial charge in [-0.15, -0.1) is 0 Å². The Kier molecular flexibility index (Phi) is 9.84. The highest BCUT2D eigenvalue weighted by Gasteiger charge is 2.38. The number of aliphatic imine (C=N–C) groups is 1. The van der Waals surface area contributed by atoms with E-state index < -0.39 is 12.1 Å². The first-order chi connectivity index (χ1) is 19.3. The van der Waals surface area contributed by atoms with Gasteiger partial charge in [-0.3, -0.25) is 9.79 Å². The highest BCUT2D eigenvalue weighted by Crippen LogP contribution is 2.32. The lowest BCUT2D eigenvalue weighted by Gasteiger charge is -2.24. The van der Waals surface area contributed by atoms with Gasteiger partial charge in [-0.1, -0.05) is 12.1 Å². The highest BCUT2D eigenvalue weighted by molar-refractivity contribution is 5.90. The van der Waals surface area contributed by atoms with Gasteiger partial charge in [-0.2, -0.15) is 23.1 Å². The van der Waals surface area contributed by atoms with Crippen LogP contribution in [0, 0.1) is 5.82 Å². The summed E-state index contributed by atoms with van der Waals surface area (Å²) >= 11 is 0. The van der Waals surface area contributed by atoms with Crippen molar-refractivity contribution in [2.24, 2.45) is 4.99 Å². The van der Waals surface area contributed by atoms with Gasteiger partial charge >= 0.3 is 12.1 Å². The molecule has 4 aromatic rings. The van der Waals surface area contributed by atoms with E-state index in [4.69, 9.17) is 20.6 Å². The maximum absolute atomic E-state index is 13.7. The molecular weight excluding hydrogens is 550 g/mol. The fourth-order valence-electron chi connectivity index (χ4n) is 3.62. The standard InChI is InChI=1S/C19H20FN7.C4H4N2O.C2HF3O2/c1-10-6-7-14(12-4-3-5-13(20)8-12)15(24-10)11(2)25-18-16-17(23-9-22-16)26-19(21)27-18;7-4-1-2-5-3-6-4;3-2(4,5)1(6)7/h3-5,8-9,11H,6-7H2,1-2H3,(H4,21,22,23,25,26,27);1-3H,(H,5,6,7);(H,6,7). The number of hydrogen-bond donors (Lipinski definition) is 5. The normalized spacial score (nSPS) is 13.8. The molecule has 5 rings (SSSR count). The van der Waals surface area contributed by atoms with Gasteiger partial charge in [0.1, 0.15) is 11.3 Å². The van der Waals surface area contributed by atoms with Crippen molar-refractivity contribution in [1.82, 2.24) is 29.9 Å². The second kappa shape index (κ2) is 13.3. The molecule has 0 aliphatic carbocycles. The third kappa shape index (κ3) is 8.67. The minimum Gasteiger partial charge on any atom is -0.475 e. The molecule has 1 aromatic carbocycles. The molecule has 0 fully saturated rings. The van der Waals surface area contributed by atoms with E-state index in [9.17, 15) is 22.4 Å². The van der Waals surface area contributed by atoms with Crippen molar-refractivity contribution in [1.29, 1.82) is 0 Å². The smallest absolute Gasteiger partial charge is 0.475 e. The summed E-state index contributed by atoms with van der Waals surface area (Å²) in [4.78, 5) is 45.4. The number of carboxylic acids is 1. The van der Waals surface area contributed by atoms with Crippen molar-refractivity contribution in [3.05, 3.63) is 76.6 Å². The minimum atomic E-state index is -5.08. The van der Waals surface area contributed by atoms with Gasteiger partial charge in [0.15, 0.2) is 11.5 Å². The van der Waals surface area contributed by atoms with Crippen LogP contribution in [0.4, 0.5) is 29.3 Å². The van der Waals surface area contributed by atoms with Gasteiger partial charge in [0.05, 0.1) is 24.4 Å². The van der Waals surface area contributed by atoms with Gasteiger partial charge < -0.3 is 26.1 Å². The van der Waals surface area contributed by atoms with E-state index in [1.54, 1.807) is 18.5 Å². The first-order valence-electron chi connectivity index (χ1n) is 11.9. The maximum Gasteiger partial charge on any atom is 0.490 e. The monoisotopic (exact) mass is 575 g/mol. The van der Waals surface area contributed by atoms with Crippen LogP contribution in [0.3, 0.4) is 0 Å². The minimum absolute atomic E-state index is 0.116. The van der Waals surface area contributed by atoms with Crippen molar-refractivity contribution >= 4 is 40.2 Å². The Hall–Kier alpha value is -5.15. The summed E-state index contributed by atoms with van der Waals surface area (Å²) in [6.07, 6.45) is 0.923. The molecule has 1 aliphatic heterocycles. The molecule has 41 heavy (non-hydrogen) atoms. The number of nitrogens with two attached hydrogens (primary N) is 1. The average molecular weight is 576 g/mol. The molecule has 0 saturated carbocycles. The number of anilines is 2. The molecule has 16 heteroatoms. The second-order valence-corrected chi connectivity index (χ2v) is 8.52. The van der Waals surface area contributed by atoms with E-state index >= 15 is 0 Å². The topological polar surface area (TPSA) is 188 Å². The van der Waals surface area contributed by atoms with Crippen LogP contribution in [0.15, 0.2) is 64.7 Å². The number of aliphatic carboxylic acids is 1. The summed E-state index contributed by atoms with van der Waals surface area (Å²) < 4.78 is 45.5. The fourth-order valence-corrected chi connectivity index (χ4v) is 3.62. The Morgan fingerprint density at radius 2 is 1.88 bits per heavy atom. The molecule has 1 unspecified atom stereocenters. The zero-order chi connectivity index (χ0) is 30.2. The van der Waals surface area contributed by atoms with Crippen LogP contribution in [0.25, 0.3) is 16.7 Å². The zero-order valence-corrected chi connectivity index (χ0v) is 21.7. The number of H-pyrrole nitrogens is 2. The Labute approximate surface area is 229 Å². The van der Waals surface area contributed by atoms with Crippen LogP contribution in [-0.4, -0.2) is 58.9 Å². The number of hydrogen-bond acceptors (Lipinski definition) is 9. The Balaban J connectivity index is 0.000000271. The van der Waals surface area contributed by atoms with E-state index in [1.807, 2.05) is 19.9 Å². The molecule has 6 N–H and O–H groups in total. The summed E-state index contributed by atoms with van der Waals surface area (Å²) in [5.41, 5.74) is 10.7. The van der Waals surface area contributed by atoms with Crippen molar-refractivity contribution < 1.29 is 27.5 Å². The first kappa shape index (κ1) is 30.4. The van der Waals surface area contributed by atoms with Crippen molar-refractivity contribution in [3.8, 4) is 0 Å². The summed E-state index contributed by atoms with van der Waals surface area (Å²) in [6, 6.07) is 7.81. The number of imidazole rings is 1. The van der Waals surface area contributed by atoms with Crippen LogP contribution in [-0.2, 0) is 4.79 Å². The van der Waals surface area contributed by atoms with Crippen LogP contribution < -0.4 is 16.6 Å². The van der Waals surface area contributed by atoms with Gasteiger partial charge in [0, 0.05) is 18.0 Å². The van der Waals surface area contributed by atoms with Crippen molar-refractivity contribution in [3.63, 3.8) is 0 Å². The second-order valence-electron chi connectivity index (χ2n) is 8.52. The number of fused-ring (bicyclic) bond motifs is 1. The number of carbonyl (C=O) groups is 1. The summed E-state index contributed by atoms with van der Waals surface area (Å²) in [7, 11) is 0. The summed E-state index contributed by atoms with van der Waals surface area (Å²) in [5.74, 6) is -2.32. The first-order valence-corrected chi connectivity index (χ1v) is 11.9. The number of nitrogens with one attached hydrogen (secondary N) is 3. The molecule has 0 saturated heterocycles. The molecule has 3 aromatic heterocycles. The van der Waals surface area contributed by atoms with Crippen LogP contribution in [0.2, 0.25) is 0 Å². The largest absolute Gasteiger partial charge is 0.490 e. The number of carboxylic acid groups (broad SMARTS) is 1. The summed E-state index contributed by atoms with van der Waals surface area (Å²) in [6.45, 7) is 4.00. The molecule has 216 valence electrons. The lowest BCUT2D eigenvalue weighted by Crippen LogP contribution is -2.22. The van der Waals surface area contributed by atoms with E-state index in [2.05, 4.69) is 35.2 Å². The third-order valence-electron chi connectivity index (χ3n) is 5.43. The molecule has 1 atom stereocenters. The molecule has 0 bridgehead atoms. The quantitative estimate of drug-likeness (QED) is 0.225. The fraction of sp³-hybridized carbons (Fsp3) is 0.240. The Bertz CT molecular complexity index is 1610. The van der Waals surface area contributed by atoms with E-state index in [-0.39, 0.29) is 23.4 Å². The van der Waals surface area contributed by atoms with Crippen molar-refractivity contribution in [2.45, 2.75) is 38.9 Å². The number of rotatable bonds is 4. The molecule has 1 aliphatic rings. The highest BCUT2D eigenvalue weighted by atomic mass is 19.4. The number of alkyl halides is 3. The molecule has 4 heterocycles. The maximum atomic E-state index is 13.7. The lowest BCUT2D eigenvalue weighted by atomic mass is 9.93. The number of halogens is 4. The molecule has 0 amide bonds. The van der Waals surface area contributed by atoms with Gasteiger partial charge in [0.2, 0.25) is 5.95 Å². The predicted octanol–water partition coefficient (Wildman–Crippen LogP) is 3.94. The zero-order valence-electron chi connectivity index (χ0n) is 21.7. The number of nitrogen functional groups attached to an aromatic ring is 1. The molecule has 0 spiro atoms. The SMILES string of the molecule is CC1=NC(C(C)Nc2nc(N)nc3[nH]cnc23)=C(c2cccc(F)c2)CC1.O=C(O)C(F)(F)F.O=c1ccnc[nH]1. The van der Waals surface area contributed by atoms with E-state index in [0.29, 0.717) is 17.0 Å². The molecule has 0 radical (unpaired) electrons. The van der Waals surface area contributed by atoms with Crippen molar-refractivity contribution in [2.75, 3.05) is 11.1 Å². The van der Waals surface area contributed by atoms with Gasteiger partial charge in [-0.25, -0.2) is 19.2 Å². The number of allylic oxidation sites excluding steroid dienone is 1. The van der Waals surface area contributed by atoms with E-state index in [0.717, 1.165) is 35.4 Å². The third-order valence-corrected chi connectivity index (χ3v) is 5.43. The number of benzene rings is 1. The molecular formula is C25H25F4N9O3. The van der Waals surface area contributed by atoms with Gasteiger partial charge in [-0.05, 0) is 50.0 Å². The predicted molar refractivity (Wildman–Crippen MR) is 143 cm³/mol. The van der Waals surface area contributed by atoms with Crippen LogP contribution in [0.1, 0.15) is 32.3 Å². The van der Waals surface area contributed by atoms with Crippen LogP contribution in [0.5, 0.6) is 0 Å². The Morgan fingerprint density at radius 3 is 2.46 bits per heavy atom. The average Bonchev–Trinajstić information content (AvgIpc) is 3.38. The number of nitrogens with zero attached hydrogens (tertiary/aromatic N) is 5. The van der Waals surface area contributed by atoms with E-state index in [1.165, 1.54) is 24.7 Å². The lowest BCUT2D eigenvalue weighted by molar-refractivity contribution is -0.192. The number of aromatic nitrogens is 6. The van der Waals surface area contributed by atoms with Crippen LogP contribution >= 0.6 is 0 Å².